The first-order valence-corrected chi connectivity index (χ1v) is 19.3. The van der Waals surface area contributed by atoms with E-state index in [1.165, 1.54) is 28.0 Å². The van der Waals surface area contributed by atoms with Gasteiger partial charge in [-0.3, -0.25) is 28.8 Å². The van der Waals surface area contributed by atoms with Crippen LogP contribution in [-0.4, -0.2) is 113 Å². The number of amides is 6. The number of alkyl carbamates (subject to hydrolysis) is 1. The summed E-state index contributed by atoms with van der Waals surface area (Å²) in [5.74, 6) is -4.28. The van der Waals surface area contributed by atoms with Gasteiger partial charge in [-0.05, 0) is 64.7 Å². The SMILES string of the molecule is C=CC(=O)N(CC)C[C@H](NC(=O)OC(C)(C)C)C(=O)N1C[C@H](OC(=O)N2Cc3cccc(F)c3C2)CC1C(=O)N[C@]1(C(=O)NS(=O)(=O)C2CC2)C[C@H]1C=C. The number of hydrogen-bond donors (Lipinski definition) is 3. The maximum atomic E-state index is 14.4. The number of halogens is 1. The summed E-state index contributed by atoms with van der Waals surface area (Å²) < 4.78 is 53.0. The Kier molecular flexibility index (Phi) is 11.5. The van der Waals surface area contributed by atoms with E-state index in [1.807, 2.05) is 0 Å². The van der Waals surface area contributed by atoms with Crippen molar-refractivity contribution in [2.45, 2.75) is 101 Å². The standard InChI is InChI=1S/C36H47FN6O10S/c1-7-22-16-36(22,32(47)40-54(50,51)24-13-14-24)39-30(45)28-15-23(52-34(49)42-17-21-11-10-12-26(37)25(21)19-42)18-43(28)31(46)27(20-41(9-3)29(44)8-2)38-33(48)53-35(4,5)6/h7-8,10-12,22-24,27-28H,1-2,9,13-20H2,3-6H3,(H,38,48)(H,39,45)(H,40,47)/t22-,23-,27+,28?,36-/m1/s1. The van der Waals surface area contributed by atoms with Gasteiger partial charge in [0.1, 0.15) is 35.1 Å². The van der Waals surface area contributed by atoms with Crippen LogP contribution in [0.2, 0.25) is 0 Å². The van der Waals surface area contributed by atoms with Crippen molar-refractivity contribution in [1.29, 1.82) is 0 Å². The fourth-order valence-electron chi connectivity index (χ4n) is 6.68. The number of carbonyl (C=O) groups excluding carboxylic acids is 6. The Bertz CT molecular complexity index is 1850. The maximum absolute atomic E-state index is 14.4. The van der Waals surface area contributed by atoms with Gasteiger partial charge in [0, 0.05) is 31.0 Å². The molecule has 4 aliphatic rings. The molecule has 294 valence electrons. The molecule has 1 unspecified atom stereocenters. The van der Waals surface area contributed by atoms with Gasteiger partial charge in [-0.15, -0.1) is 6.58 Å². The first-order chi connectivity index (χ1) is 25.3. The van der Waals surface area contributed by atoms with Crippen molar-refractivity contribution in [1.82, 2.24) is 30.1 Å². The Balaban J connectivity index is 1.41. The lowest BCUT2D eigenvalue weighted by atomic mass is 10.1. The first-order valence-electron chi connectivity index (χ1n) is 17.8. The molecule has 0 bridgehead atoms. The van der Waals surface area contributed by atoms with Gasteiger partial charge in [-0.25, -0.2) is 22.4 Å². The highest BCUT2D eigenvalue weighted by Gasteiger charge is 2.62. The summed E-state index contributed by atoms with van der Waals surface area (Å²) in [6.45, 7) is 13.1. The summed E-state index contributed by atoms with van der Waals surface area (Å²) >= 11 is 0. The number of likely N-dealkylation sites (tertiary alicyclic amines) is 1. The number of hydrogen-bond acceptors (Lipinski definition) is 10. The molecule has 0 radical (unpaired) electrons. The zero-order chi connectivity index (χ0) is 39.7. The predicted molar refractivity (Wildman–Crippen MR) is 191 cm³/mol. The van der Waals surface area contributed by atoms with Gasteiger partial charge in [-0.2, -0.15) is 0 Å². The lowest BCUT2D eigenvalue weighted by Crippen LogP contribution is -2.60. The van der Waals surface area contributed by atoms with Crippen molar-refractivity contribution in [3.05, 3.63) is 60.5 Å². The van der Waals surface area contributed by atoms with Crippen molar-refractivity contribution >= 4 is 45.8 Å². The van der Waals surface area contributed by atoms with Gasteiger partial charge in [-0.1, -0.05) is 24.8 Å². The van der Waals surface area contributed by atoms with E-state index >= 15 is 0 Å². The molecule has 1 aromatic rings. The number of ether oxygens (including phenoxy) is 2. The van der Waals surface area contributed by atoms with E-state index in [9.17, 15) is 41.6 Å². The van der Waals surface area contributed by atoms with E-state index in [0.717, 1.165) is 11.0 Å². The van der Waals surface area contributed by atoms with E-state index in [-0.39, 0.29) is 45.6 Å². The van der Waals surface area contributed by atoms with Crippen molar-refractivity contribution < 1.29 is 51.0 Å². The third kappa shape index (κ3) is 8.85. The molecule has 2 aliphatic carbocycles. The lowest BCUT2D eigenvalue weighted by molar-refractivity contribution is -0.142. The Morgan fingerprint density at radius 1 is 1.13 bits per heavy atom. The zero-order valence-corrected chi connectivity index (χ0v) is 31.6. The molecule has 3 N–H and O–H groups in total. The van der Waals surface area contributed by atoms with E-state index in [4.69, 9.17) is 9.47 Å². The summed E-state index contributed by atoms with van der Waals surface area (Å²) in [4.78, 5) is 84.7. The second-order valence-electron chi connectivity index (χ2n) is 14.9. The van der Waals surface area contributed by atoms with Gasteiger partial charge in [0.05, 0.1) is 24.9 Å². The summed E-state index contributed by atoms with van der Waals surface area (Å²) in [6.07, 6.45) is 0.159. The molecule has 0 aromatic heterocycles. The fourth-order valence-corrected chi connectivity index (χ4v) is 8.04. The second kappa shape index (κ2) is 15.4. The van der Waals surface area contributed by atoms with Crippen LogP contribution in [0.15, 0.2) is 43.5 Å². The summed E-state index contributed by atoms with van der Waals surface area (Å²) in [5, 5.41) is 4.44. The van der Waals surface area contributed by atoms with E-state index in [1.54, 1.807) is 33.8 Å². The molecule has 2 heterocycles. The largest absolute Gasteiger partial charge is 0.444 e. The number of sulfonamides is 1. The maximum Gasteiger partial charge on any atom is 0.410 e. The fraction of sp³-hybridized carbons (Fsp3) is 0.556. The molecule has 5 atom stereocenters. The zero-order valence-electron chi connectivity index (χ0n) is 30.8. The van der Waals surface area contributed by atoms with Crippen molar-refractivity contribution in [2.75, 3.05) is 19.6 Å². The molecule has 16 nitrogen and oxygen atoms in total. The number of benzene rings is 1. The minimum atomic E-state index is -3.98. The van der Waals surface area contributed by atoms with Gasteiger partial charge >= 0.3 is 12.2 Å². The van der Waals surface area contributed by atoms with E-state index in [2.05, 4.69) is 28.5 Å². The molecule has 1 aromatic carbocycles. The highest BCUT2D eigenvalue weighted by Crippen LogP contribution is 2.45. The predicted octanol–water partition coefficient (Wildman–Crippen LogP) is 1.84. The van der Waals surface area contributed by atoms with Gasteiger partial charge < -0.3 is 29.9 Å². The highest BCUT2D eigenvalue weighted by atomic mass is 32.2. The van der Waals surface area contributed by atoms with Crippen molar-refractivity contribution in [2.24, 2.45) is 5.92 Å². The number of likely N-dealkylation sites (N-methyl/N-ethyl adjacent to an activating group) is 1. The highest BCUT2D eigenvalue weighted by molar-refractivity contribution is 7.91. The number of fused-ring (bicyclic) bond motifs is 1. The Morgan fingerprint density at radius 2 is 1.83 bits per heavy atom. The lowest BCUT2D eigenvalue weighted by Gasteiger charge is -2.32. The topological polar surface area (TPSA) is 201 Å². The molecule has 54 heavy (non-hydrogen) atoms. The first kappa shape index (κ1) is 40.2. The van der Waals surface area contributed by atoms with Crippen LogP contribution in [0.5, 0.6) is 0 Å². The van der Waals surface area contributed by atoms with Crippen LogP contribution in [-0.2, 0) is 51.8 Å². The molecule has 6 amide bonds. The van der Waals surface area contributed by atoms with E-state index in [0.29, 0.717) is 24.0 Å². The van der Waals surface area contributed by atoms with Crippen LogP contribution in [0.25, 0.3) is 0 Å². The molecule has 1 saturated heterocycles. The van der Waals surface area contributed by atoms with Gasteiger partial charge in [0.25, 0.3) is 5.91 Å². The molecular formula is C36H47FN6O10S. The number of nitrogens with zero attached hydrogens (tertiary/aromatic N) is 3. The van der Waals surface area contributed by atoms with Crippen LogP contribution < -0.4 is 15.4 Å². The molecule has 0 spiro atoms. The average molecular weight is 775 g/mol. The number of nitrogens with one attached hydrogen (secondary N) is 3. The Morgan fingerprint density at radius 3 is 2.41 bits per heavy atom. The van der Waals surface area contributed by atoms with Gasteiger partial charge in [0.2, 0.25) is 27.7 Å². The van der Waals surface area contributed by atoms with Crippen LogP contribution in [0.4, 0.5) is 14.0 Å². The summed E-state index contributed by atoms with van der Waals surface area (Å²) in [5.41, 5.74) is -1.69. The number of carbonyl (C=O) groups is 6. The Labute approximate surface area is 313 Å². The van der Waals surface area contributed by atoms with Crippen LogP contribution in [0, 0.1) is 11.7 Å². The number of rotatable bonds is 13. The summed E-state index contributed by atoms with van der Waals surface area (Å²) in [7, 11) is -3.98. The molecule has 5 rings (SSSR count). The Hall–Kier alpha value is -5.00. The third-order valence-electron chi connectivity index (χ3n) is 9.81. The molecule has 2 aliphatic heterocycles. The second-order valence-corrected chi connectivity index (χ2v) is 16.9. The van der Waals surface area contributed by atoms with E-state index < -0.39 is 92.2 Å². The monoisotopic (exact) mass is 774 g/mol. The van der Waals surface area contributed by atoms with Crippen LogP contribution in [0.3, 0.4) is 0 Å². The molecule has 18 heteroatoms. The molecule has 2 saturated carbocycles. The van der Waals surface area contributed by atoms with Crippen LogP contribution in [0.1, 0.15) is 64.5 Å². The third-order valence-corrected chi connectivity index (χ3v) is 11.6. The molecular weight excluding hydrogens is 727 g/mol. The summed E-state index contributed by atoms with van der Waals surface area (Å²) in [6, 6.07) is 1.64. The quantitative estimate of drug-likeness (QED) is 0.196. The average Bonchev–Trinajstić information content (AvgIpc) is 3.99. The van der Waals surface area contributed by atoms with Crippen molar-refractivity contribution in [3.8, 4) is 0 Å². The minimum Gasteiger partial charge on any atom is -0.444 e. The molecule has 3 fully saturated rings. The minimum absolute atomic E-state index is 0.0391. The normalized spacial score (nSPS) is 23.7. The van der Waals surface area contributed by atoms with Crippen molar-refractivity contribution in [3.63, 3.8) is 0 Å². The van der Waals surface area contributed by atoms with Crippen LogP contribution >= 0.6 is 0 Å². The van der Waals surface area contributed by atoms with Gasteiger partial charge in [0.15, 0.2) is 0 Å². The smallest absolute Gasteiger partial charge is 0.410 e.